The van der Waals surface area contributed by atoms with E-state index in [-0.39, 0.29) is 11.8 Å². The van der Waals surface area contributed by atoms with E-state index >= 15 is 0 Å². The van der Waals surface area contributed by atoms with E-state index in [0.717, 1.165) is 58.7 Å². The van der Waals surface area contributed by atoms with Crippen LogP contribution in [0.3, 0.4) is 0 Å². The van der Waals surface area contributed by atoms with Gasteiger partial charge in [-0.3, -0.25) is 14.5 Å². The summed E-state index contributed by atoms with van der Waals surface area (Å²) in [6.45, 7) is 8.41. The van der Waals surface area contributed by atoms with Gasteiger partial charge in [-0.2, -0.15) is 0 Å². The van der Waals surface area contributed by atoms with Crippen LogP contribution < -0.4 is 0 Å². The summed E-state index contributed by atoms with van der Waals surface area (Å²) >= 11 is 0. The second kappa shape index (κ2) is 6.96. The molecule has 6 nitrogen and oxygen atoms in total. The van der Waals surface area contributed by atoms with Gasteiger partial charge in [0.1, 0.15) is 0 Å². The normalized spacial score (nSPS) is 30.6. The molecule has 0 saturated carbocycles. The molecule has 0 aromatic rings. The lowest BCUT2D eigenvalue weighted by atomic mass is 10.0. The predicted molar refractivity (Wildman–Crippen MR) is 82.4 cm³/mol. The quantitative estimate of drug-likeness (QED) is 0.648. The van der Waals surface area contributed by atoms with Gasteiger partial charge in [0.15, 0.2) is 0 Å². The van der Waals surface area contributed by atoms with E-state index in [4.69, 9.17) is 4.74 Å². The van der Waals surface area contributed by atoms with E-state index in [0.29, 0.717) is 25.0 Å². The van der Waals surface area contributed by atoms with Crippen LogP contribution in [0.5, 0.6) is 0 Å². The van der Waals surface area contributed by atoms with E-state index in [9.17, 15) is 9.59 Å². The Labute approximate surface area is 132 Å². The highest BCUT2D eigenvalue weighted by atomic mass is 16.5. The fourth-order valence-electron chi connectivity index (χ4n) is 3.81. The van der Waals surface area contributed by atoms with Gasteiger partial charge in [0, 0.05) is 45.3 Å². The summed E-state index contributed by atoms with van der Waals surface area (Å²) in [5.41, 5.74) is 0. The summed E-state index contributed by atoms with van der Waals surface area (Å²) < 4.78 is 5.38. The summed E-state index contributed by atoms with van der Waals surface area (Å²) in [6, 6.07) is 0.390. The Bertz CT molecular complexity index is 423. The van der Waals surface area contributed by atoms with Gasteiger partial charge in [-0.1, -0.05) is 6.92 Å². The number of morpholine rings is 1. The highest BCUT2D eigenvalue weighted by Crippen LogP contribution is 2.19. The molecule has 3 saturated heterocycles. The first kappa shape index (κ1) is 15.7. The highest BCUT2D eigenvalue weighted by molar-refractivity contribution is 6.35. The minimum Gasteiger partial charge on any atom is -0.379 e. The maximum Gasteiger partial charge on any atom is 0.312 e. The Hall–Kier alpha value is -1.14. The van der Waals surface area contributed by atoms with E-state index in [2.05, 4.69) is 11.8 Å². The summed E-state index contributed by atoms with van der Waals surface area (Å²) in [7, 11) is 0. The van der Waals surface area contributed by atoms with Crippen molar-refractivity contribution in [1.82, 2.24) is 14.7 Å². The average molecular weight is 309 g/mol. The van der Waals surface area contributed by atoms with E-state index in [1.54, 1.807) is 9.80 Å². The Morgan fingerprint density at radius 2 is 1.59 bits per heavy atom. The highest BCUT2D eigenvalue weighted by Gasteiger charge is 2.36. The zero-order valence-corrected chi connectivity index (χ0v) is 13.5. The Morgan fingerprint density at radius 3 is 2.27 bits per heavy atom. The maximum atomic E-state index is 12.5. The molecule has 2 atom stereocenters. The van der Waals surface area contributed by atoms with Crippen LogP contribution in [-0.4, -0.2) is 85.0 Å². The summed E-state index contributed by atoms with van der Waals surface area (Å²) in [6.07, 6.45) is 3.13. The molecule has 6 heteroatoms. The first-order valence-electron chi connectivity index (χ1n) is 8.55. The van der Waals surface area contributed by atoms with Crippen molar-refractivity contribution in [1.29, 1.82) is 0 Å². The van der Waals surface area contributed by atoms with Crippen molar-refractivity contribution >= 4 is 11.8 Å². The fraction of sp³-hybridized carbons (Fsp3) is 0.875. The molecule has 2 amide bonds. The van der Waals surface area contributed by atoms with Crippen molar-refractivity contribution in [2.75, 3.05) is 52.5 Å². The van der Waals surface area contributed by atoms with Crippen LogP contribution in [0.2, 0.25) is 0 Å². The van der Waals surface area contributed by atoms with Gasteiger partial charge >= 0.3 is 11.8 Å². The van der Waals surface area contributed by atoms with Crippen molar-refractivity contribution in [3.63, 3.8) is 0 Å². The van der Waals surface area contributed by atoms with Crippen LogP contribution in [0.15, 0.2) is 0 Å². The molecule has 0 radical (unpaired) electrons. The standard InChI is InChI=1S/C16H27N3O3/c1-13-3-2-5-18(11-13)15(20)16(21)19-6-4-14(12-19)17-7-9-22-10-8-17/h13-14H,2-12H2,1H3. The van der Waals surface area contributed by atoms with Crippen molar-refractivity contribution in [2.24, 2.45) is 5.92 Å². The molecular formula is C16H27N3O3. The molecule has 0 aromatic heterocycles. The number of likely N-dealkylation sites (tertiary alicyclic amines) is 2. The fourth-order valence-corrected chi connectivity index (χ4v) is 3.81. The number of rotatable bonds is 1. The maximum absolute atomic E-state index is 12.5. The number of hydrogen-bond acceptors (Lipinski definition) is 4. The second-order valence-electron chi connectivity index (χ2n) is 6.84. The number of ether oxygens (including phenoxy) is 1. The number of nitrogens with zero attached hydrogens (tertiary/aromatic N) is 3. The topological polar surface area (TPSA) is 53.1 Å². The second-order valence-corrected chi connectivity index (χ2v) is 6.84. The minimum atomic E-state index is -0.301. The van der Waals surface area contributed by atoms with Gasteiger partial charge < -0.3 is 14.5 Å². The summed E-state index contributed by atoms with van der Waals surface area (Å²) in [4.78, 5) is 30.8. The predicted octanol–water partition coefficient (Wildman–Crippen LogP) is 0.178. The van der Waals surface area contributed by atoms with E-state index < -0.39 is 0 Å². The number of hydrogen-bond donors (Lipinski definition) is 0. The molecular weight excluding hydrogens is 282 g/mol. The van der Waals surface area contributed by atoms with Crippen LogP contribution >= 0.6 is 0 Å². The van der Waals surface area contributed by atoms with Crippen molar-refractivity contribution in [2.45, 2.75) is 32.2 Å². The molecule has 3 heterocycles. The lowest BCUT2D eigenvalue weighted by Crippen LogP contribution is -2.49. The zero-order valence-electron chi connectivity index (χ0n) is 13.5. The summed E-state index contributed by atoms with van der Waals surface area (Å²) in [5.74, 6) is -0.0933. The third kappa shape index (κ3) is 3.43. The van der Waals surface area contributed by atoms with Crippen molar-refractivity contribution < 1.29 is 14.3 Å². The van der Waals surface area contributed by atoms with Crippen LogP contribution in [0, 0.1) is 5.92 Å². The molecule has 0 N–H and O–H groups in total. The van der Waals surface area contributed by atoms with E-state index in [1.165, 1.54) is 0 Å². The molecule has 3 fully saturated rings. The number of carbonyl (C=O) groups excluding carboxylic acids is 2. The number of carbonyl (C=O) groups is 2. The molecule has 3 aliphatic heterocycles. The molecule has 3 rings (SSSR count). The largest absolute Gasteiger partial charge is 0.379 e. The molecule has 0 spiro atoms. The van der Waals surface area contributed by atoms with Gasteiger partial charge in [0.25, 0.3) is 0 Å². The molecule has 0 aromatic carbocycles. The first-order chi connectivity index (χ1) is 10.6. The molecule has 0 aliphatic carbocycles. The van der Waals surface area contributed by atoms with E-state index in [1.807, 2.05) is 0 Å². The van der Waals surface area contributed by atoms with Gasteiger partial charge in [-0.05, 0) is 25.2 Å². The van der Waals surface area contributed by atoms with Gasteiger partial charge in [0.2, 0.25) is 0 Å². The zero-order chi connectivity index (χ0) is 15.5. The Morgan fingerprint density at radius 1 is 0.909 bits per heavy atom. The first-order valence-corrected chi connectivity index (χ1v) is 8.55. The summed E-state index contributed by atoms with van der Waals surface area (Å²) in [5, 5.41) is 0. The minimum absolute atomic E-state index is 0.297. The molecule has 22 heavy (non-hydrogen) atoms. The lowest BCUT2D eigenvalue weighted by molar-refractivity contribution is -0.152. The van der Waals surface area contributed by atoms with Gasteiger partial charge in [-0.25, -0.2) is 0 Å². The smallest absolute Gasteiger partial charge is 0.312 e. The van der Waals surface area contributed by atoms with Crippen LogP contribution in [0.25, 0.3) is 0 Å². The van der Waals surface area contributed by atoms with Crippen LogP contribution in [0.4, 0.5) is 0 Å². The third-order valence-electron chi connectivity index (χ3n) is 5.14. The SMILES string of the molecule is CC1CCCN(C(=O)C(=O)N2CCC(N3CCOCC3)C2)C1. The molecule has 124 valence electrons. The number of amides is 2. The molecule has 0 bridgehead atoms. The Balaban J connectivity index is 1.53. The Kier molecular flexibility index (Phi) is 4.98. The third-order valence-corrected chi connectivity index (χ3v) is 5.14. The number of piperidine rings is 1. The van der Waals surface area contributed by atoms with Crippen LogP contribution in [-0.2, 0) is 14.3 Å². The molecule has 3 aliphatic rings. The van der Waals surface area contributed by atoms with Gasteiger partial charge in [0.05, 0.1) is 13.2 Å². The van der Waals surface area contributed by atoms with Crippen molar-refractivity contribution in [3.05, 3.63) is 0 Å². The monoisotopic (exact) mass is 309 g/mol. The lowest BCUT2D eigenvalue weighted by Gasteiger charge is -2.33. The van der Waals surface area contributed by atoms with Crippen LogP contribution in [0.1, 0.15) is 26.2 Å². The van der Waals surface area contributed by atoms with Crippen molar-refractivity contribution in [3.8, 4) is 0 Å². The van der Waals surface area contributed by atoms with Gasteiger partial charge in [-0.15, -0.1) is 0 Å². The average Bonchev–Trinajstić information content (AvgIpc) is 3.04. The molecule has 2 unspecified atom stereocenters.